The molecule has 80 valence electrons. The predicted molar refractivity (Wildman–Crippen MR) is 52.8 cm³/mol. The summed E-state index contributed by atoms with van der Waals surface area (Å²) in [6.45, 7) is 5.26. The van der Waals surface area contributed by atoms with Gasteiger partial charge in [0.1, 0.15) is 0 Å². The summed E-state index contributed by atoms with van der Waals surface area (Å²) in [7, 11) is 0. The number of rotatable bonds is 10. The van der Waals surface area contributed by atoms with E-state index in [1.807, 2.05) is 0 Å². The molecule has 0 amide bonds. The van der Waals surface area contributed by atoms with Crippen molar-refractivity contribution in [2.45, 2.75) is 0 Å². The molecule has 5 N–H and O–H groups in total. The fourth-order valence-corrected chi connectivity index (χ4v) is 0.887. The maximum Gasteiger partial charge on any atom is 0.0555 e. The SMILES string of the molecule is OCCNCCNCCNCCO. The molecule has 0 fully saturated rings. The van der Waals surface area contributed by atoms with Gasteiger partial charge in [0, 0.05) is 39.3 Å². The first-order chi connectivity index (χ1) is 6.41. The molecule has 0 aromatic rings. The van der Waals surface area contributed by atoms with E-state index in [4.69, 9.17) is 10.2 Å². The minimum absolute atomic E-state index is 0.193. The summed E-state index contributed by atoms with van der Waals surface area (Å²) in [5, 5.41) is 26.2. The van der Waals surface area contributed by atoms with Crippen molar-refractivity contribution in [3.8, 4) is 0 Å². The molecule has 0 unspecified atom stereocenters. The smallest absolute Gasteiger partial charge is 0.0555 e. The highest BCUT2D eigenvalue weighted by atomic mass is 16.3. The fourth-order valence-electron chi connectivity index (χ4n) is 0.887. The Morgan fingerprint density at radius 2 is 0.846 bits per heavy atom. The molecule has 0 aliphatic rings. The zero-order valence-corrected chi connectivity index (χ0v) is 8.05. The predicted octanol–water partition coefficient (Wildman–Crippen LogP) is -2.26. The second-order valence-electron chi connectivity index (χ2n) is 2.70. The van der Waals surface area contributed by atoms with Gasteiger partial charge in [-0.2, -0.15) is 0 Å². The maximum absolute atomic E-state index is 8.45. The van der Waals surface area contributed by atoms with Gasteiger partial charge in [0.05, 0.1) is 13.2 Å². The summed E-state index contributed by atoms with van der Waals surface area (Å²) >= 11 is 0. The zero-order valence-electron chi connectivity index (χ0n) is 8.05. The van der Waals surface area contributed by atoms with Crippen molar-refractivity contribution in [3.05, 3.63) is 0 Å². The van der Waals surface area contributed by atoms with Crippen LogP contribution in [0, 0.1) is 0 Å². The molecule has 0 rings (SSSR count). The van der Waals surface area contributed by atoms with Gasteiger partial charge >= 0.3 is 0 Å². The van der Waals surface area contributed by atoms with Crippen molar-refractivity contribution < 1.29 is 10.2 Å². The quantitative estimate of drug-likeness (QED) is 0.252. The molecule has 0 saturated heterocycles. The summed E-state index contributed by atoms with van der Waals surface area (Å²) in [6, 6.07) is 0. The minimum Gasteiger partial charge on any atom is -0.395 e. The average molecular weight is 191 g/mol. The van der Waals surface area contributed by atoms with Crippen LogP contribution in [-0.2, 0) is 0 Å². The van der Waals surface area contributed by atoms with Crippen molar-refractivity contribution in [1.82, 2.24) is 16.0 Å². The van der Waals surface area contributed by atoms with Crippen LogP contribution >= 0.6 is 0 Å². The van der Waals surface area contributed by atoms with E-state index in [0.29, 0.717) is 13.1 Å². The van der Waals surface area contributed by atoms with Crippen LogP contribution in [0.2, 0.25) is 0 Å². The van der Waals surface area contributed by atoms with Gasteiger partial charge in [-0.3, -0.25) is 0 Å². The van der Waals surface area contributed by atoms with Gasteiger partial charge < -0.3 is 26.2 Å². The third kappa shape index (κ3) is 11.8. The van der Waals surface area contributed by atoms with Crippen molar-refractivity contribution in [2.24, 2.45) is 0 Å². The minimum atomic E-state index is 0.193. The van der Waals surface area contributed by atoms with Gasteiger partial charge in [-0.25, -0.2) is 0 Å². The van der Waals surface area contributed by atoms with Crippen LogP contribution in [0.15, 0.2) is 0 Å². The molecule has 0 aliphatic heterocycles. The lowest BCUT2D eigenvalue weighted by Gasteiger charge is -2.05. The topological polar surface area (TPSA) is 76.5 Å². The molecular formula is C8H21N3O2. The maximum atomic E-state index is 8.45. The highest BCUT2D eigenvalue weighted by Crippen LogP contribution is 1.61. The van der Waals surface area contributed by atoms with E-state index < -0.39 is 0 Å². The Hall–Kier alpha value is -0.200. The number of nitrogens with one attached hydrogen (secondary N) is 3. The van der Waals surface area contributed by atoms with Crippen LogP contribution in [0.1, 0.15) is 0 Å². The normalized spacial score (nSPS) is 10.6. The summed E-state index contributed by atoms with van der Waals surface area (Å²) in [5.41, 5.74) is 0. The molecule has 0 spiro atoms. The van der Waals surface area contributed by atoms with E-state index in [2.05, 4.69) is 16.0 Å². The summed E-state index contributed by atoms with van der Waals surface area (Å²) in [6.07, 6.45) is 0. The lowest BCUT2D eigenvalue weighted by atomic mass is 10.5. The molecule has 5 nitrogen and oxygen atoms in total. The van der Waals surface area contributed by atoms with E-state index >= 15 is 0 Å². The molecule has 0 radical (unpaired) electrons. The molecule has 0 atom stereocenters. The summed E-state index contributed by atoms with van der Waals surface area (Å²) < 4.78 is 0. The Morgan fingerprint density at radius 1 is 0.538 bits per heavy atom. The molecule has 0 bridgehead atoms. The van der Waals surface area contributed by atoms with Gasteiger partial charge in [-0.05, 0) is 0 Å². The molecule has 0 aromatic heterocycles. The first-order valence-corrected chi connectivity index (χ1v) is 4.75. The number of aliphatic hydroxyl groups is 2. The second kappa shape index (κ2) is 11.8. The first kappa shape index (κ1) is 12.8. The summed E-state index contributed by atoms with van der Waals surface area (Å²) in [5.74, 6) is 0. The second-order valence-corrected chi connectivity index (χ2v) is 2.70. The third-order valence-electron chi connectivity index (χ3n) is 1.53. The zero-order chi connectivity index (χ0) is 9.78. The lowest BCUT2D eigenvalue weighted by molar-refractivity contribution is 0.291. The van der Waals surface area contributed by atoms with Crippen molar-refractivity contribution in [2.75, 3.05) is 52.5 Å². The largest absolute Gasteiger partial charge is 0.395 e. The fraction of sp³-hybridized carbons (Fsp3) is 1.00. The first-order valence-electron chi connectivity index (χ1n) is 4.75. The Labute approximate surface area is 79.5 Å². The number of hydrogen-bond donors (Lipinski definition) is 5. The molecule has 0 saturated carbocycles. The van der Waals surface area contributed by atoms with Gasteiger partial charge in [-0.15, -0.1) is 0 Å². The number of hydrogen-bond acceptors (Lipinski definition) is 5. The standard InChI is InChI=1S/C8H21N3O2/c12-7-5-10-3-1-9-2-4-11-6-8-13/h9-13H,1-8H2. The monoisotopic (exact) mass is 191 g/mol. The Balaban J connectivity index is 2.76. The van der Waals surface area contributed by atoms with Crippen LogP contribution in [0.3, 0.4) is 0 Å². The highest BCUT2D eigenvalue weighted by molar-refractivity contribution is 4.53. The summed E-state index contributed by atoms with van der Waals surface area (Å²) in [4.78, 5) is 0. The van der Waals surface area contributed by atoms with E-state index in [9.17, 15) is 0 Å². The molecule has 0 heterocycles. The Kier molecular flexibility index (Phi) is 11.6. The van der Waals surface area contributed by atoms with Gasteiger partial charge in [0.15, 0.2) is 0 Å². The van der Waals surface area contributed by atoms with Crippen LogP contribution in [0.4, 0.5) is 0 Å². The van der Waals surface area contributed by atoms with Crippen LogP contribution in [0.25, 0.3) is 0 Å². The third-order valence-corrected chi connectivity index (χ3v) is 1.53. The van der Waals surface area contributed by atoms with Gasteiger partial charge in [-0.1, -0.05) is 0 Å². The molecular weight excluding hydrogens is 170 g/mol. The van der Waals surface area contributed by atoms with Crippen molar-refractivity contribution in [3.63, 3.8) is 0 Å². The molecule has 0 aromatic carbocycles. The van der Waals surface area contributed by atoms with Crippen molar-refractivity contribution in [1.29, 1.82) is 0 Å². The van der Waals surface area contributed by atoms with E-state index in [-0.39, 0.29) is 13.2 Å². The van der Waals surface area contributed by atoms with Crippen LogP contribution < -0.4 is 16.0 Å². The van der Waals surface area contributed by atoms with Gasteiger partial charge in [0.2, 0.25) is 0 Å². The molecule has 13 heavy (non-hydrogen) atoms. The molecule has 0 aliphatic carbocycles. The lowest BCUT2D eigenvalue weighted by Crippen LogP contribution is -2.34. The Morgan fingerprint density at radius 3 is 1.15 bits per heavy atom. The highest BCUT2D eigenvalue weighted by Gasteiger charge is 1.87. The van der Waals surface area contributed by atoms with E-state index in [0.717, 1.165) is 26.2 Å². The van der Waals surface area contributed by atoms with Crippen molar-refractivity contribution >= 4 is 0 Å². The van der Waals surface area contributed by atoms with Crippen LogP contribution in [-0.4, -0.2) is 62.7 Å². The number of aliphatic hydroxyl groups excluding tert-OH is 2. The average Bonchev–Trinajstić information content (AvgIpc) is 2.16. The molecule has 5 heteroatoms. The van der Waals surface area contributed by atoms with Gasteiger partial charge in [0.25, 0.3) is 0 Å². The Bertz CT molecular complexity index is 83.5. The van der Waals surface area contributed by atoms with E-state index in [1.165, 1.54) is 0 Å². The van der Waals surface area contributed by atoms with E-state index in [1.54, 1.807) is 0 Å². The van der Waals surface area contributed by atoms with Crippen LogP contribution in [0.5, 0.6) is 0 Å².